The number of benzene rings is 1. The molecule has 18 heavy (non-hydrogen) atoms. The highest BCUT2D eigenvalue weighted by Crippen LogP contribution is 2.28. The lowest BCUT2D eigenvalue weighted by atomic mass is 10.3. The van der Waals surface area contributed by atoms with Gasteiger partial charge in [-0.2, -0.15) is 0 Å². The number of ether oxygens (including phenoxy) is 1. The maximum absolute atomic E-state index is 11.1. The Morgan fingerprint density at radius 3 is 2.44 bits per heavy atom. The van der Waals surface area contributed by atoms with Crippen LogP contribution in [0.15, 0.2) is 47.5 Å². The molecule has 0 bridgehead atoms. The lowest BCUT2D eigenvalue weighted by molar-refractivity contribution is 0.457. The van der Waals surface area contributed by atoms with E-state index in [2.05, 4.69) is 4.98 Å². The highest BCUT2D eigenvalue weighted by atomic mass is 35.7. The predicted octanol–water partition coefficient (Wildman–Crippen LogP) is 3.45. The van der Waals surface area contributed by atoms with Crippen LogP contribution < -0.4 is 4.74 Å². The smallest absolute Gasteiger partial charge is 0.278 e. The summed E-state index contributed by atoms with van der Waals surface area (Å²) in [5.41, 5.74) is 0. The zero-order valence-electron chi connectivity index (χ0n) is 8.88. The standard InChI is InChI=1S/C11H7Cl2NO3S/c12-8-4-1-2-5-9(8)17-10-6-3-7-11(14-10)18(13,15)16/h1-7H. The first kappa shape index (κ1) is 13.1. The van der Waals surface area contributed by atoms with Crippen LogP contribution in [-0.4, -0.2) is 13.4 Å². The van der Waals surface area contributed by atoms with Crippen molar-refractivity contribution in [2.24, 2.45) is 0 Å². The van der Waals surface area contributed by atoms with Crippen molar-refractivity contribution in [1.82, 2.24) is 4.98 Å². The molecule has 0 N–H and O–H groups in total. The van der Waals surface area contributed by atoms with Gasteiger partial charge in [-0.25, -0.2) is 13.4 Å². The Kier molecular flexibility index (Phi) is 3.75. The van der Waals surface area contributed by atoms with Crippen LogP contribution in [-0.2, 0) is 9.05 Å². The molecule has 4 nitrogen and oxygen atoms in total. The van der Waals surface area contributed by atoms with E-state index in [1.807, 2.05) is 0 Å². The van der Waals surface area contributed by atoms with Gasteiger partial charge in [0.15, 0.2) is 5.03 Å². The molecule has 1 aromatic carbocycles. The number of aromatic nitrogens is 1. The van der Waals surface area contributed by atoms with Crippen molar-refractivity contribution in [3.05, 3.63) is 47.5 Å². The van der Waals surface area contributed by atoms with E-state index in [0.29, 0.717) is 10.8 Å². The van der Waals surface area contributed by atoms with Gasteiger partial charge in [0.25, 0.3) is 9.05 Å². The number of rotatable bonds is 3. The SMILES string of the molecule is O=S(=O)(Cl)c1cccc(Oc2ccccc2Cl)n1. The van der Waals surface area contributed by atoms with Gasteiger partial charge in [-0.3, -0.25) is 0 Å². The molecule has 2 rings (SSSR count). The zero-order valence-corrected chi connectivity index (χ0v) is 11.2. The third-order valence-electron chi connectivity index (χ3n) is 2.00. The first-order valence-corrected chi connectivity index (χ1v) is 7.49. The van der Waals surface area contributed by atoms with Crippen LogP contribution in [0.3, 0.4) is 0 Å². The van der Waals surface area contributed by atoms with E-state index in [-0.39, 0.29) is 10.9 Å². The maximum atomic E-state index is 11.1. The largest absolute Gasteiger partial charge is 0.437 e. The molecule has 0 aliphatic carbocycles. The van der Waals surface area contributed by atoms with Crippen molar-refractivity contribution in [3.8, 4) is 11.6 Å². The zero-order chi connectivity index (χ0) is 13.2. The maximum Gasteiger partial charge on any atom is 0.278 e. The Bertz CT molecular complexity index is 673. The van der Waals surface area contributed by atoms with Gasteiger partial charge >= 0.3 is 0 Å². The molecule has 0 saturated heterocycles. The second-order valence-electron chi connectivity index (χ2n) is 3.28. The van der Waals surface area contributed by atoms with Gasteiger partial charge in [-0.05, 0) is 18.2 Å². The molecular weight excluding hydrogens is 297 g/mol. The van der Waals surface area contributed by atoms with Crippen molar-refractivity contribution in [3.63, 3.8) is 0 Å². The van der Waals surface area contributed by atoms with E-state index in [9.17, 15) is 8.42 Å². The summed E-state index contributed by atoms with van der Waals surface area (Å²) in [6.07, 6.45) is 0. The highest BCUT2D eigenvalue weighted by molar-refractivity contribution is 8.13. The molecule has 7 heteroatoms. The third kappa shape index (κ3) is 3.13. The molecular formula is C11H7Cl2NO3S. The van der Waals surface area contributed by atoms with Crippen LogP contribution in [0.2, 0.25) is 5.02 Å². The van der Waals surface area contributed by atoms with Crippen LogP contribution in [0.1, 0.15) is 0 Å². The summed E-state index contributed by atoms with van der Waals surface area (Å²) in [6.45, 7) is 0. The third-order valence-corrected chi connectivity index (χ3v) is 3.51. The number of nitrogens with zero attached hydrogens (tertiary/aromatic N) is 1. The molecule has 94 valence electrons. The van der Waals surface area contributed by atoms with E-state index in [1.54, 1.807) is 24.3 Å². The molecule has 1 aromatic heterocycles. The van der Waals surface area contributed by atoms with E-state index in [0.717, 1.165) is 0 Å². The molecule has 0 saturated carbocycles. The van der Waals surface area contributed by atoms with Crippen LogP contribution >= 0.6 is 22.3 Å². The molecule has 0 aliphatic heterocycles. The van der Waals surface area contributed by atoms with Crippen molar-refractivity contribution < 1.29 is 13.2 Å². The fourth-order valence-electron chi connectivity index (χ4n) is 1.23. The molecule has 0 aliphatic rings. The van der Waals surface area contributed by atoms with Gasteiger partial charge in [0.2, 0.25) is 5.88 Å². The Morgan fingerprint density at radius 2 is 1.78 bits per heavy atom. The molecule has 0 atom stereocenters. The minimum Gasteiger partial charge on any atom is -0.437 e. The topological polar surface area (TPSA) is 56.3 Å². The Balaban J connectivity index is 2.34. The summed E-state index contributed by atoms with van der Waals surface area (Å²) < 4.78 is 27.6. The molecule has 2 aromatic rings. The molecule has 1 heterocycles. The van der Waals surface area contributed by atoms with Crippen molar-refractivity contribution in [1.29, 1.82) is 0 Å². The average molecular weight is 304 g/mol. The van der Waals surface area contributed by atoms with Crippen LogP contribution in [0, 0.1) is 0 Å². The summed E-state index contributed by atoms with van der Waals surface area (Å²) in [5.74, 6) is 0.487. The fraction of sp³-hybridized carbons (Fsp3) is 0. The van der Waals surface area contributed by atoms with E-state index >= 15 is 0 Å². The molecule has 0 radical (unpaired) electrons. The van der Waals surface area contributed by atoms with Gasteiger partial charge in [0, 0.05) is 16.7 Å². The normalized spacial score (nSPS) is 11.2. The summed E-state index contributed by atoms with van der Waals surface area (Å²) in [6, 6.07) is 11.1. The minimum absolute atomic E-state index is 0.102. The summed E-state index contributed by atoms with van der Waals surface area (Å²) in [7, 11) is 1.31. The first-order chi connectivity index (χ1) is 8.47. The Morgan fingerprint density at radius 1 is 1.06 bits per heavy atom. The molecule has 0 fully saturated rings. The Labute approximate surface area is 114 Å². The van der Waals surface area contributed by atoms with Crippen LogP contribution in [0.5, 0.6) is 11.6 Å². The van der Waals surface area contributed by atoms with E-state index in [4.69, 9.17) is 27.0 Å². The Hall–Kier alpha value is -1.30. The lowest BCUT2D eigenvalue weighted by Crippen LogP contribution is -1.96. The second kappa shape index (κ2) is 5.14. The summed E-state index contributed by atoms with van der Waals surface area (Å²) in [4.78, 5) is 3.78. The number of halogens is 2. The van der Waals surface area contributed by atoms with E-state index in [1.165, 1.54) is 18.2 Å². The van der Waals surface area contributed by atoms with Gasteiger partial charge in [-0.15, -0.1) is 0 Å². The number of hydrogen-bond donors (Lipinski definition) is 0. The second-order valence-corrected chi connectivity index (χ2v) is 6.20. The van der Waals surface area contributed by atoms with Crippen LogP contribution in [0.25, 0.3) is 0 Å². The number of para-hydroxylation sites is 1. The summed E-state index contributed by atoms with van der Waals surface area (Å²) >= 11 is 5.91. The van der Waals surface area contributed by atoms with Crippen molar-refractivity contribution >= 4 is 31.3 Å². The monoisotopic (exact) mass is 303 g/mol. The van der Waals surface area contributed by atoms with E-state index < -0.39 is 9.05 Å². The number of pyridine rings is 1. The van der Waals surface area contributed by atoms with Crippen LogP contribution in [0.4, 0.5) is 0 Å². The van der Waals surface area contributed by atoms with Gasteiger partial charge in [0.1, 0.15) is 5.75 Å². The predicted molar refractivity (Wildman–Crippen MR) is 68.8 cm³/mol. The molecule has 0 amide bonds. The highest BCUT2D eigenvalue weighted by Gasteiger charge is 2.13. The number of hydrogen-bond acceptors (Lipinski definition) is 4. The first-order valence-electron chi connectivity index (χ1n) is 4.81. The molecule has 0 spiro atoms. The fourth-order valence-corrected chi connectivity index (χ4v) is 2.10. The average Bonchev–Trinajstić information content (AvgIpc) is 2.31. The van der Waals surface area contributed by atoms with Gasteiger partial charge < -0.3 is 4.74 Å². The van der Waals surface area contributed by atoms with Gasteiger partial charge in [0.05, 0.1) is 5.02 Å². The van der Waals surface area contributed by atoms with Gasteiger partial charge in [-0.1, -0.05) is 29.8 Å². The molecule has 0 unspecified atom stereocenters. The summed E-state index contributed by atoms with van der Waals surface area (Å²) in [5, 5.41) is 0.132. The van der Waals surface area contributed by atoms with Crippen molar-refractivity contribution in [2.45, 2.75) is 5.03 Å². The minimum atomic E-state index is -3.88. The quantitative estimate of drug-likeness (QED) is 0.815. The lowest BCUT2D eigenvalue weighted by Gasteiger charge is -2.06. The van der Waals surface area contributed by atoms with Crippen molar-refractivity contribution in [2.75, 3.05) is 0 Å².